The lowest BCUT2D eigenvalue weighted by Gasteiger charge is -2.36. The van der Waals surface area contributed by atoms with E-state index in [9.17, 15) is 19.2 Å². The van der Waals surface area contributed by atoms with Crippen molar-refractivity contribution in [2.45, 2.75) is 157 Å². The van der Waals surface area contributed by atoms with Crippen LogP contribution in [-0.2, 0) is 19.2 Å². The van der Waals surface area contributed by atoms with Gasteiger partial charge in [-0.3, -0.25) is 19.2 Å². The van der Waals surface area contributed by atoms with E-state index in [0.29, 0.717) is 36.0 Å². The molecule has 0 aromatic carbocycles. The van der Waals surface area contributed by atoms with Crippen LogP contribution in [0.15, 0.2) is 0 Å². The van der Waals surface area contributed by atoms with Gasteiger partial charge in [-0.2, -0.15) is 11.8 Å². The number of primary amides is 1. The molecule has 274 valence electrons. The fourth-order valence-electron chi connectivity index (χ4n) is 5.95. The van der Waals surface area contributed by atoms with Gasteiger partial charge in [0.1, 0.15) is 12.1 Å². The molecular formula is C36H69N5O5S. The number of thioether (sulfide) groups is 1. The Morgan fingerprint density at radius 2 is 1.55 bits per heavy atom. The average Bonchev–Trinajstić information content (AvgIpc) is 3.42. The number of nitrogens with one attached hydrogen (secondary N) is 3. The van der Waals surface area contributed by atoms with E-state index in [0.717, 1.165) is 25.0 Å². The van der Waals surface area contributed by atoms with Crippen molar-refractivity contribution in [3.05, 3.63) is 0 Å². The minimum absolute atomic E-state index is 0.0281. The molecule has 1 saturated carbocycles. The van der Waals surface area contributed by atoms with Crippen molar-refractivity contribution in [2.75, 3.05) is 12.3 Å². The van der Waals surface area contributed by atoms with Crippen LogP contribution in [0.5, 0.6) is 0 Å². The molecule has 2 rings (SSSR count). The fraction of sp³-hybridized carbons (Fsp3) is 0.861. The highest BCUT2D eigenvalue weighted by molar-refractivity contribution is 7.99. The second-order valence-corrected chi connectivity index (χ2v) is 16.6. The number of nitrogens with zero attached hydrogens (tertiary/aromatic N) is 1. The molecule has 5 unspecified atom stereocenters. The maximum Gasteiger partial charge on any atom is 0.315 e. The smallest absolute Gasteiger partial charge is 0.315 e. The molecule has 2 aliphatic rings. The summed E-state index contributed by atoms with van der Waals surface area (Å²) in [5.74, 6) is 1.54. The minimum atomic E-state index is -0.926. The number of nitrogens with two attached hydrogens (primary N) is 1. The molecule has 1 aliphatic carbocycles. The Morgan fingerprint density at radius 3 is 1.98 bits per heavy atom. The van der Waals surface area contributed by atoms with Gasteiger partial charge in [0.2, 0.25) is 18.1 Å². The molecule has 0 spiro atoms. The van der Waals surface area contributed by atoms with Crippen molar-refractivity contribution >= 4 is 41.8 Å². The van der Waals surface area contributed by atoms with Crippen LogP contribution < -0.4 is 21.7 Å². The zero-order valence-electron chi connectivity index (χ0n) is 31.6. The first-order valence-electron chi connectivity index (χ1n) is 17.9. The van der Waals surface area contributed by atoms with Crippen LogP contribution in [0.1, 0.15) is 128 Å². The summed E-state index contributed by atoms with van der Waals surface area (Å²) in [4.78, 5) is 61.1. The molecule has 2 fully saturated rings. The molecular weight excluding hydrogens is 614 g/mol. The van der Waals surface area contributed by atoms with Gasteiger partial charge in [-0.25, -0.2) is 4.79 Å². The molecule has 0 radical (unpaired) electrons. The molecule has 5 N–H and O–H groups in total. The molecule has 0 aromatic heterocycles. The summed E-state index contributed by atoms with van der Waals surface area (Å²) in [6.45, 7) is 25.6. The van der Waals surface area contributed by atoms with Gasteiger partial charge < -0.3 is 26.6 Å². The lowest BCUT2D eigenvalue weighted by molar-refractivity contribution is -0.142. The number of likely N-dealkylation sites (tertiary alicyclic amines) is 1. The van der Waals surface area contributed by atoms with Gasteiger partial charge >= 0.3 is 6.03 Å². The van der Waals surface area contributed by atoms with Crippen molar-refractivity contribution in [1.82, 2.24) is 20.9 Å². The van der Waals surface area contributed by atoms with Crippen LogP contribution >= 0.6 is 11.8 Å². The normalized spacial score (nSPS) is 20.3. The first-order valence-corrected chi connectivity index (χ1v) is 19.0. The van der Waals surface area contributed by atoms with Crippen LogP contribution in [0.3, 0.4) is 0 Å². The monoisotopic (exact) mass is 684 g/mol. The quantitative estimate of drug-likeness (QED) is 0.125. The highest BCUT2D eigenvalue weighted by Gasteiger charge is 2.46. The molecule has 10 nitrogen and oxygen atoms in total. The van der Waals surface area contributed by atoms with E-state index in [1.54, 1.807) is 4.90 Å². The number of hydrogen-bond acceptors (Lipinski definition) is 6. The minimum Gasteiger partial charge on any atom is -0.363 e. The third kappa shape index (κ3) is 17.1. The predicted molar refractivity (Wildman–Crippen MR) is 195 cm³/mol. The van der Waals surface area contributed by atoms with E-state index < -0.39 is 23.4 Å². The predicted octanol–water partition coefficient (Wildman–Crippen LogP) is 5.91. The molecule has 1 heterocycles. The standard InChI is InChI=1S/C32H60N4O3S.C2H3NO2.C2H6/c1-11-22(6)25-17-27(29(37)33-23(7)16-24-13-12-14-24)36(18-25)30(38)28(32(8,9)10)35-31(39)34-26(15-20(2)3)19-40-21(4)5;3-2(5)1-4;1-2/h20-28H,11-19H2,1-10H3,(H,33,37)(H2,34,35,39);1H,(H2,3,5);1-2H3/t22?,23?,25-,26?,27?,28?;;/m1../s1. The van der Waals surface area contributed by atoms with Gasteiger partial charge in [0.05, 0.1) is 0 Å². The summed E-state index contributed by atoms with van der Waals surface area (Å²) in [6, 6.07) is -1.41. The van der Waals surface area contributed by atoms with Gasteiger partial charge in [-0.05, 0) is 60.5 Å². The fourth-order valence-corrected chi connectivity index (χ4v) is 6.79. The number of carbonyl (C=O) groups excluding carboxylic acids is 5. The number of rotatable bonds is 15. The van der Waals surface area contributed by atoms with Crippen LogP contribution in [0, 0.1) is 29.1 Å². The molecule has 0 bridgehead atoms. The number of aldehydes is 1. The molecule has 1 saturated heterocycles. The van der Waals surface area contributed by atoms with Crippen molar-refractivity contribution in [3.8, 4) is 0 Å². The molecule has 1 aliphatic heterocycles. The maximum absolute atomic E-state index is 14.2. The van der Waals surface area contributed by atoms with Crippen LogP contribution in [-0.4, -0.2) is 76.7 Å². The highest BCUT2D eigenvalue weighted by Crippen LogP contribution is 2.34. The number of amides is 5. The first-order chi connectivity index (χ1) is 21.9. The highest BCUT2D eigenvalue weighted by atomic mass is 32.2. The summed E-state index contributed by atoms with van der Waals surface area (Å²) < 4.78 is 0. The molecule has 0 aromatic rings. The third-order valence-electron chi connectivity index (χ3n) is 8.89. The van der Waals surface area contributed by atoms with Crippen molar-refractivity contribution in [2.24, 2.45) is 34.8 Å². The van der Waals surface area contributed by atoms with E-state index in [2.05, 4.69) is 70.2 Å². The molecule has 5 amide bonds. The Kier molecular flexibility index (Phi) is 21.3. The van der Waals surface area contributed by atoms with Gasteiger partial charge in [0.15, 0.2) is 0 Å². The van der Waals surface area contributed by atoms with Crippen molar-refractivity contribution in [3.63, 3.8) is 0 Å². The Hall–Kier alpha value is -2.30. The van der Waals surface area contributed by atoms with E-state index in [1.165, 1.54) is 19.3 Å². The Morgan fingerprint density at radius 1 is 0.979 bits per heavy atom. The number of hydrogen-bond donors (Lipinski definition) is 4. The van der Waals surface area contributed by atoms with E-state index in [-0.39, 0.29) is 42.1 Å². The first kappa shape index (κ1) is 44.7. The van der Waals surface area contributed by atoms with Crippen LogP contribution in [0.25, 0.3) is 0 Å². The van der Waals surface area contributed by atoms with Gasteiger partial charge in [-0.1, -0.05) is 102 Å². The Labute approximate surface area is 290 Å². The summed E-state index contributed by atoms with van der Waals surface area (Å²) >= 11 is 1.83. The maximum atomic E-state index is 14.2. The third-order valence-corrected chi connectivity index (χ3v) is 10.2. The zero-order chi connectivity index (χ0) is 36.5. The van der Waals surface area contributed by atoms with Crippen molar-refractivity contribution < 1.29 is 24.0 Å². The lowest BCUT2D eigenvalue weighted by Crippen LogP contribution is -2.60. The largest absolute Gasteiger partial charge is 0.363 e. The van der Waals surface area contributed by atoms with Gasteiger partial charge in [-0.15, -0.1) is 0 Å². The average molecular weight is 684 g/mol. The van der Waals surface area contributed by atoms with E-state index in [1.807, 2.05) is 46.4 Å². The second-order valence-electron chi connectivity index (χ2n) is 15.0. The Bertz CT molecular complexity index is 966. The topological polar surface area (TPSA) is 151 Å². The molecule has 6 atom stereocenters. The second kappa shape index (κ2) is 22.4. The zero-order valence-corrected chi connectivity index (χ0v) is 32.4. The summed E-state index contributed by atoms with van der Waals surface area (Å²) in [5, 5.41) is 9.92. The van der Waals surface area contributed by atoms with E-state index in [4.69, 9.17) is 4.79 Å². The SMILES string of the molecule is CC.CCC(C)[C@@H]1CC(C(=O)NC(C)CC2CCC2)N(C(=O)C(NC(=O)NC(CSC(C)C)CC(C)C)C(C)(C)C)C1.NC(=O)C=O. The molecule has 47 heavy (non-hydrogen) atoms. The van der Waals surface area contributed by atoms with Crippen LogP contribution in [0.2, 0.25) is 0 Å². The van der Waals surface area contributed by atoms with Crippen LogP contribution in [0.4, 0.5) is 4.79 Å². The van der Waals surface area contributed by atoms with Gasteiger partial charge in [0.25, 0.3) is 5.91 Å². The Balaban J connectivity index is 0.00000275. The summed E-state index contributed by atoms with van der Waals surface area (Å²) in [6.07, 6.45) is 7.41. The lowest BCUT2D eigenvalue weighted by atomic mass is 9.81. The summed E-state index contributed by atoms with van der Waals surface area (Å²) in [7, 11) is 0. The summed E-state index contributed by atoms with van der Waals surface area (Å²) in [5.41, 5.74) is 3.77. The molecule has 11 heteroatoms. The van der Waals surface area contributed by atoms with Gasteiger partial charge in [0, 0.05) is 24.4 Å². The van der Waals surface area contributed by atoms with E-state index >= 15 is 0 Å². The number of urea groups is 1. The number of carbonyl (C=O) groups is 5. The van der Waals surface area contributed by atoms with Crippen molar-refractivity contribution in [1.29, 1.82) is 0 Å².